The first-order chi connectivity index (χ1) is 15.3. The number of benzene rings is 1. The van der Waals surface area contributed by atoms with Gasteiger partial charge in [0.15, 0.2) is 0 Å². The smallest absolute Gasteiger partial charge is 0.328 e. The molecule has 32 heavy (non-hydrogen) atoms. The van der Waals surface area contributed by atoms with E-state index in [2.05, 4.69) is 23.4 Å². The maximum atomic E-state index is 12.8. The summed E-state index contributed by atoms with van der Waals surface area (Å²) >= 11 is 0. The maximum absolute atomic E-state index is 12.8. The number of carbonyl (C=O) groups is 1. The third kappa shape index (κ3) is 4.12. The number of aliphatic hydroxyl groups is 1. The molecule has 1 saturated heterocycles. The molecule has 0 radical (unpaired) electrons. The van der Waals surface area contributed by atoms with E-state index in [4.69, 9.17) is 4.98 Å². The van der Waals surface area contributed by atoms with Gasteiger partial charge in [-0.1, -0.05) is 26.0 Å². The maximum Gasteiger partial charge on any atom is 0.328 e. The fourth-order valence-electron chi connectivity index (χ4n) is 4.40. The Balaban J connectivity index is 1.42. The number of H-pyrrole nitrogens is 1. The number of hydrogen-bond donors (Lipinski definition) is 2. The van der Waals surface area contributed by atoms with Crippen LogP contribution in [0.15, 0.2) is 40.1 Å². The number of nitrogens with one attached hydrogen (secondary N) is 1. The Kier molecular flexibility index (Phi) is 6.01. The number of aromatic nitrogens is 4. The molecular formula is C23H29N5O4. The molecule has 0 spiro atoms. The molecule has 1 aliphatic heterocycles. The van der Waals surface area contributed by atoms with Crippen LogP contribution in [0.25, 0.3) is 11.0 Å². The number of aryl methyl sites for hydroxylation is 2. The highest BCUT2D eigenvalue weighted by molar-refractivity contribution is 5.77. The molecule has 2 N–H and O–H groups in total. The van der Waals surface area contributed by atoms with Crippen molar-refractivity contribution >= 4 is 16.9 Å². The van der Waals surface area contributed by atoms with Crippen LogP contribution in [0.1, 0.15) is 50.0 Å². The van der Waals surface area contributed by atoms with Gasteiger partial charge in [0.25, 0.3) is 5.56 Å². The third-order valence-electron chi connectivity index (χ3n) is 6.09. The molecule has 1 fully saturated rings. The zero-order chi connectivity index (χ0) is 23.0. The quantitative estimate of drug-likeness (QED) is 0.605. The lowest BCUT2D eigenvalue weighted by Crippen LogP contribution is -2.37. The van der Waals surface area contributed by atoms with Gasteiger partial charge in [-0.25, -0.2) is 9.78 Å². The van der Waals surface area contributed by atoms with Crippen molar-refractivity contribution in [2.24, 2.45) is 0 Å². The summed E-state index contributed by atoms with van der Waals surface area (Å²) in [6.45, 7) is 6.89. The van der Waals surface area contributed by atoms with Crippen molar-refractivity contribution in [1.29, 1.82) is 0 Å². The summed E-state index contributed by atoms with van der Waals surface area (Å²) in [7, 11) is 0. The number of aliphatic hydroxyl groups excluding tert-OH is 1. The van der Waals surface area contributed by atoms with Crippen LogP contribution < -0.4 is 11.2 Å². The summed E-state index contributed by atoms with van der Waals surface area (Å²) in [5, 5.41) is 10.5. The molecule has 4 rings (SSSR count). The average molecular weight is 440 g/mol. The standard InChI is InChI=1S/C23H29N5O4/c1-14(2)21-24-16-7-4-5-8-17(16)27(21)10-6-9-20(30)26-12-18(19(29)13-26)28-11-15(3)22(31)25-23(28)32/h4-5,7-8,11,14,18-19,29H,6,9-10,12-13H2,1-3H3,(H,25,31,32)/t18-,19-/m1/s1. The van der Waals surface area contributed by atoms with E-state index in [0.29, 0.717) is 24.9 Å². The van der Waals surface area contributed by atoms with Gasteiger partial charge in [-0.3, -0.25) is 19.1 Å². The molecule has 2 aromatic heterocycles. The third-order valence-corrected chi connectivity index (χ3v) is 6.09. The number of amides is 1. The van der Waals surface area contributed by atoms with Crippen LogP contribution in [0.2, 0.25) is 0 Å². The van der Waals surface area contributed by atoms with Crippen molar-refractivity contribution in [3.05, 3.63) is 62.7 Å². The molecule has 0 bridgehead atoms. The van der Waals surface area contributed by atoms with Crippen LogP contribution in [0.3, 0.4) is 0 Å². The zero-order valence-corrected chi connectivity index (χ0v) is 18.6. The lowest BCUT2D eigenvalue weighted by Gasteiger charge is -2.18. The summed E-state index contributed by atoms with van der Waals surface area (Å²) < 4.78 is 3.50. The van der Waals surface area contributed by atoms with E-state index in [-0.39, 0.29) is 24.9 Å². The van der Waals surface area contributed by atoms with Crippen molar-refractivity contribution in [1.82, 2.24) is 24.0 Å². The first-order valence-electron chi connectivity index (χ1n) is 11.0. The predicted molar refractivity (Wildman–Crippen MR) is 121 cm³/mol. The van der Waals surface area contributed by atoms with E-state index in [0.717, 1.165) is 16.9 Å². The Morgan fingerprint density at radius 1 is 1.25 bits per heavy atom. The van der Waals surface area contributed by atoms with Crippen LogP contribution in [0.5, 0.6) is 0 Å². The van der Waals surface area contributed by atoms with Gasteiger partial charge in [0.2, 0.25) is 5.91 Å². The minimum atomic E-state index is -0.868. The number of imidazole rings is 1. The van der Waals surface area contributed by atoms with E-state index in [1.54, 1.807) is 11.8 Å². The molecule has 0 aliphatic carbocycles. The summed E-state index contributed by atoms with van der Waals surface area (Å²) in [5.74, 6) is 1.21. The minimum absolute atomic E-state index is 0.0590. The first-order valence-corrected chi connectivity index (χ1v) is 11.0. The van der Waals surface area contributed by atoms with Gasteiger partial charge in [-0.15, -0.1) is 0 Å². The second kappa shape index (κ2) is 8.74. The van der Waals surface area contributed by atoms with E-state index in [1.807, 2.05) is 24.3 Å². The second-order valence-electron chi connectivity index (χ2n) is 8.78. The summed E-state index contributed by atoms with van der Waals surface area (Å²) in [4.78, 5) is 45.2. The molecule has 1 aromatic carbocycles. The average Bonchev–Trinajstić information content (AvgIpc) is 3.32. The molecule has 1 aliphatic rings. The van der Waals surface area contributed by atoms with Crippen LogP contribution >= 0.6 is 0 Å². The molecule has 3 heterocycles. The fourth-order valence-corrected chi connectivity index (χ4v) is 4.40. The zero-order valence-electron chi connectivity index (χ0n) is 18.6. The number of carbonyl (C=O) groups excluding carboxylic acids is 1. The number of fused-ring (bicyclic) bond motifs is 1. The van der Waals surface area contributed by atoms with E-state index in [9.17, 15) is 19.5 Å². The number of likely N-dealkylation sites (tertiary alicyclic amines) is 1. The lowest BCUT2D eigenvalue weighted by molar-refractivity contribution is -0.130. The number of nitrogens with zero attached hydrogens (tertiary/aromatic N) is 4. The van der Waals surface area contributed by atoms with Crippen molar-refractivity contribution in [3.8, 4) is 0 Å². The van der Waals surface area contributed by atoms with E-state index < -0.39 is 23.4 Å². The highest BCUT2D eigenvalue weighted by Gasteiger charge is 2.35. The molecule has 9 nitrogen and oxygen atoms in total. The predicted octanol–water partition coefficient (Wildman–Crippen LogP) is 1.54. The monoisotopic (exact) mass is 439 g/mol. The highest BCUT2D eigenvalue weighted by atomic mass is 16.3. The largest absolute Gasteiger partial charge is 0.389 e. The number of aromatic amines is 1. The van der Waals surface area contributed by atoms with Gasteiger partial charge in [-0.05, 0) is 25.5 Å². The number of rotatable bonds is 6. The van der Waals surface area contributed by atoms with Crippen LogP contribution in [0.4, 0.5) is 0 Å². The van der Waals surface area contributed by atoms with Gasteiger partial charge < -0.3 is 14.6 Å². The first kappa shape index (κ1) is 22.0. The second-order valence-corrected chi connectivity index (χ2v) is 8.78. The number of hydrogen-bond acceptors (Lipinski definition) is 5. The van der Waals surface area contributed by atoms with Crippen LogP contribution in [0, 0.1) is 6.92 Å². The SMILES string of the molecule is Cc1cn([C@@H]2CN(C(=O)CCCn3c(C(C)C)nc4ccccc43)C[C@H]2O)c(=O)[nH]c1=O. The van der Waals surface area contributed by atoms with Gasteiger partial charge in [0, 0.05) is 43.7 Å². The molecule has 0 saturated carbocycles. The Morgan fingerprint density at radius 3 is 2.75 bits per heavy atom. The molecule has 9 heteroatoms. The Morgan fingerprint density at radius 2 is 2.00 bits per heavy atom. The highest BCUT2D eigenvalue weighted by Crippen LogP contribution is 2.24. The lowest BCUT2D eigenvalue weighted by atomic mass is 10.2. The van der Waals surface area contributed by atoms with Gasteiger partial charge in [-0.2, -0.15) is 0 Å². The van der Waals surface area contributed by atoms with Crippen LogP contribution in [-0.4, -0.2) is 54.2 Å². The van der Waals surface area contributed by atoms with Gasteiger partial charge >= 0.3 is 5.69 Å². The van der Waals surface area contributed by atoms with Crippen molar-refractivity contribution < 1.29 is 9.90 Å². The molecule has 3 aromatic rings. The molecule has 170 valence electrons. The topological polar surface area (TPSA) is 113 Å². The van der Waals surface area contributed by atoms with Gasteiger partial charge in [0.05, 0.1) is 23.2 Å². The summed E-state index contributed by atoms with van der Waals surface area (Å²) in [6, 6.07) is 7.42. The van der Waals surface area contributed by atoms with Crippen molar-refractivity contribution in [2.45, 2.75) is 58.2 Å². The van der Waals surface area contributed by atoms with Gasteiger partial charge in [0.1, 0.15) is 5.82 Å². The van der Waals surface area contributed by atoms with Crippen molar-refractivity contribution in [3.63, 3.8) is 0 Å². The summed E-state index contributed by atoms with van der Waals surface area (Å²) in [6.07, 6.45) is 1.56. The molecule has 0 unspecified atom stereocenters. The molecule has 2 atom stereocenters. The Bertz CT molecular complexity index is 1260. The van der Waals surface area contributed by atoms with E-state index >= 15 is 0 Å². The molecule has 1 amide bonds. The number of β-amino-alcohol motifs (C(OH)–C–C–N with tert-alkyl or cyclic N) is 1. The Labute approximate surface area is 185 Å². The summed E-state index contributed by atoms with van der Waals surface area (Å²) in [5.41, 5.74) is 1.38. The molecular weight excluding hydrogens is 410 g/mol. The minimum Gasteiger partial charge on any atom is -0.389 e. The van der Waals surface area contributed by atoms with Crippen LogP contribution in [-0.2, 0) is 11.3 Å². The fraction of sp³-hybridized carbons (Fsp3) is 0.478. The number of para-hydroxylation sites is 2. The van der Waals surface area contributed by atoms with Crippen molar-refractivity contribution in [2.75, 3.05) is 13.1 Å². The van der Waals surface area contributed by atoms with E-state index in [1.165, 1.54) is 10.8 Å². The Hall–Kier alpha value is -3.20. The normalized spacial score (nSPS) is 18.7.